The Hall–Kier alpha value is -1.61. The van der Waals surface area contributed by atoms with Crippen LogP contribution in [0.2, 0.25) is 0 Å². The van der Waals surface area contributed by atoms with E-state index in [9.17, 15) is 0 Å². The lowest BCUT2D eigenvalue weighted by molar-refractivity contribution is 0.579. The predicted octanol–water partition coefficient (Wildman–Crippen LogP) is 2.41. The molecule has 1 atom stereocenters. The summed E-state index contributed by atoms with van der Waals surface area (Å²) in [5.41, 5.74) is 7.35. The molecule has 1 aromatic heterocycles. The summed E-state index contributed by atoms with van der Waals surface area (Å²) in [6, 6.07) is 10.7. The van der Waals surface area contributed by atoms with Crippen LogP contribution in [-0.2, 0) is 19.4 Å². The average molecular weight is 243 g/mol. The van der Waals surface area contributed by atoms with Gasteiger partial charge in [0.1, 0.15) is 5.82 Å². The van der Waals surface area contributed by atoms with E-state index in [1.165, 1.54) is 5.56 Å². The highest BCUT2D eigenvalue weighted by atomic mass is 15.1. The van der Waals surface area contributed by atoms with Crippen LogP contribution in [0.5, 0.6) is 0 Å². The summed E-state index contributed by atoms with van der Waals surface area (Å²) in [5, 5.41) is 0. The molecule has 0 aliphatic carbocycles. The third-order valence-corrected chi connectivity index (χ3v) is 3.26. The third-order valence-electron chi connectivity index (χ3n) is 3.26. The van der Waals surface area contributed by atoms with E-state index >= 15 is 0 Å². The second kappa shape index (κ2) is 6.36. The molecule has 96 valence electrons. The molecule has 0 fully saturated rings. The molecule has 2 rings (SSSR count). The van der Waals surface area contributed by atoms with Crippen LogP contribution in [0.4, 0.5) is 0 Å². The van der Waals surface area contributed by atoms with Crippen LogP contribution >= 0.6 is 0 Å². The molecule has 0 aliphatic rings. The van der Waals surface area contributed by atoms with Crippen molar-refractivity contribution in [3.63, 3.8) is 0 Å². The van der Waals surface area contributed by atoms with Crippen LogP contribution in [0.1, 0.15) is 24.7 Å². The fourth-order valence-corrected chi connectivity index (χ4v) is 2.01. The molecule has 0 bridgehead atoms. The number of rotatable bonds is 6. The van der Waals surface area contributed by atoms with E-state index < -0.39 is 0 Å². The zero-order valence-electron chi connectivity index (χ0n) is 10.9. The summed E-state index contributed by atoms with van der Waals surface area (Å²) in [6.45, 7) is 3.08. The fraction of sp³-hybridized carbons (Fsp3) is 0.400. The first-order chi connectivity index (χ1) is 8.79. The van der Waals surface area contributed by atoms with Gasteiger partial charge in [0.05, 0.1) is 0 Å². The van der Waals surface area contributed by atoms with Gasteiger partial charge in [-0.3, -0.25) is 0 Å². The maximum atomic E-state index is 5.99. The zero-order chi connectivity index (χ0) is 12.8. The van der Waals surface area contributed by atoms with Crippen LogP contribution in [-0.4, -0.2) is 15.6 Å². The molecule has 0 aliphatic heterocycles. The van der Waals surface area contributed by atoms with Crippen LogP contribution in [0.15, 0.2) is 42.7 Å². The Kier molecular flexibility index (Phi) is 4.53. The van der Waals surface area contributed by atoms with Gasteiger partial charge < -0.3 is 10.3 Å². The molecule has 0 saturated carbocycles. The highest BCUT2D eigenvalue weighted by Gasteiger charge is 2.07. The Morgan fingerprint density at radius 2 is 2.06 bits per heavy atom. The van der Waals surface area contributed by atoms with Crippen molar-refractivity contribution in [3.8, 4) is 0 Å². The fourth-order valence-electron chi connectivity index (χ4n) is 2.01. The molecule has 3 heteroatoms. The van der Waals surface area contributed by atoms with Crippen LogP contribution < -0.4 is 5.73 Å². The van der Waals surface area contributed by atoms with Crippen molar-refractivity contribution in [2.24, 2.45) is 5.73 Å². The Labute approximate surface area is 109 Å². The Morgan fingerprint density at radius 3 is 2.78 bits per heavy atom. The predicted molar refractivity (Wildman–Crippen MR) is 74.3 cm³/mol. The van der Waals surface area contributed by atoms with Crippen LogP contribution in [0, 0.1) is 0 Å². The van der Waals surface area contributed by atoms with Crippen molar-refractivity contribution in [2.75, 3.05) is 0 Å². The zero-order valence-corrected chi connectivity index (χ0v) is 10.9. The van der Waals surface area contributed by atoms with E-state index in [0.29, 0.717) is 0 Å². The molecule has 0 amide bonds. The standard InChI is InChI=1S/C15H21N3/c1-2-14(16)12-15-17-9-11-18(15)10-8-13-6-4-3-5-7-13/h3-7,9,11,14H,2,8,10,12,16H2,1H3. The van der Waals surface area contributed by atoms with Crippen molar-refractivity contribution in [1.29, 1.82) is 0 Å². The smallest absolute Gasteiger partial charge is 0.110 e. The lowest BCUT2D eigenvalue weighted by atomic mass is 10.1. The lowest BCUT2D eigenvalue weighted by Gasteiger charge is -2.11. The highest BCUT2D eigenvalue weighted by Crippen LogP contribution is 2.06. The van der Waals surface area contributed by atoms with E-state index in [0.717, 1.165) is 31.6 Å². The van der Waals surface area contributed by atoms with Crippen LogP contribution in [0.3, 0.4) is 0 Å². The average Bonchev–Trinajstić information content (AvgIpc) is 2.84. The van der Waals surface area contributed by atoms with Gasteiger partial charge in [-0.05, 0) is 18.4 Å². The second-order valence-electron chi connectivity index (χ2n) is 4.64. The minimum Gasteiger partial charge on any atom is -0.335 e. The molecule has 0 radical (unpaired) electrons. The summed E-state index contributed by atoms with van der Waals surface area (Å²) >= 11 is 0. The minimum atomic E-state index is 0.211. The van der Waals surface area contributed by atoms with Gasteiger partial charge in [0.15, 0.2) is 0 Å². The first-order valence-corrected chi connectivity index (χ1v) is 6.59. The van der Waals surface area contributed by atoms with Gasteiger partial charge in [0.25, 0.3) is 0 Å². The number of nitrogens with two attached hydrogens (primary N) is 1. The van der Waals surface area contributed by atoms with Crippen molar-refractivity contribution in [1.82, 2.24) is 9.55 Å². The van der Waals surface area contributed by atoms with Gasteiger partial charge in [-0.25, -0.2) is 4.98 Å². The quantitative estimate of drug-likeness (QED) is 0.846. The number of hydrogen-bond acceptors (Lipinski definition) is 2. The van der Waals surface area contributed by atoms with Gasteiger partial charge in [0.2, 0.25) is 0 Å². The van der Waals surface area contributed by atoms with Gasteiger partial charge in [0, 0.05) is 31.4 Å². The van der Waals surface area contributed by atoms with Crippen molar-refractivity contribution < 1.29 is 0 Å². The molecule has 1 unspecified atom stereocenters. The number of aryl methyl sites for hydroxylation is 2. The highest BCUT2D eigenvalue weighted by molar-refractivity contribution is 5.14. The third kappa shape index (κ3) is 3.44. The molecule has 2 aromatic rings. The lowest BCUT2D eigenvalue weighted by Crippen LogP contribution is -2.23. The number of aromatic nitrogens is 2. The molecule has 3 nitrogen and oxygen atoms in total. The number of hydrogen-bond donors (Lipinski definition) is 1. The van der Waals surface area contributed by atoms with Crippen molar-refractivity contribution in [2.45, 2.75) is 38.8 Å². The first kappa shape index (κ1) is 12.8. The SMILES string of the molecule is CCC(N)Cc1nccn1CCc1ccccc1. The molecule has 0 spiro atoms. The molecule has 0 saturated heterocycles. The molecule has 1 aromatic carbocycles. The van der Waals surface area contributed by atoms with Crippen molar-refractivity contribution in [3.05, 3.63) is 54.1 Å². The Balaban J connectivity index is 1.95. The van der Waals surface area contributed by atoms with Gasteiger partial charge in [-0.2, -0.15) is 0 Å². The Bertz CT molecular complexity index is 462. The number of imidazole rings is 1. The largest absolute Gasteiger partial charge is 0.335 e. The Morgan fingerprint density at radius 1 is 1.28 bits per heavy atom. The van der Waals surface area contributed by atoms with E-state index in [1.54, 1.807) is 0 Å². The maximum Gasteiger partial charge on any atom is 0.110 e. The summed E-state index contributed by atoms with van der Waals surface area (Å²) in [4.78, 5) is 4.40. The second-order valence-corrected chi connectivity index (χ2v) is 4.64. The summed E-state index contributed by atoms with van der Waals surface area (Å²) in [5.74, 6) is 1.10. The minimum absolute atomic E-state index is 0.211. The summed E-state index contributed by atoms with van der Waals surface area (Å²) < 4.78 is 2.21. The summed E-state index contributed by atoms with van der Waals surface area (Å²) in [6.07, 6.45) is 6.79. The maximum absolute atomic E-state index is 5.99. The molecular weight excluding hydrogens is 222 g/mol. The molecular formula is C15H21N3. The van der Waals surface area contributed by atoms with E-state index in [-0.39, 0.29) is 6.04 Å². The topological polar surface area (TPSA) is 43.8 Å². The van der Waals surface area contributed by atoms with E-state index in [4.69, 9.17) is 5.73 Å². The first-order valence-electron chi connectivity index (χ1n) is 6.59. The van der Waals surface area contributed by atoms with Gasteiger partial charge in [-0.1, -0.05) is 37.3 Å². The van der Waals surface area contributed by atoms with E-state index in [2.05, 4.69) is 40.7 Å². The van der Waals surface area contributed by atoms with Gasteiger partial charge in [-0.15, -0.1) is 0 Å². The summed E-state index contributed by atoms with van der Waals surface area (Å²) in [7, 11) is 0. The van der Waals surface area contributed by atoms with Gasteiger partial charge >= 0.3 is 0 Å². The number of benzene rings is 1. The molecule has 18 heavy (non-hydrogen) atoms. The van der Waals surface area contributed by atoms with E-state index in [1.807, 2.05) is 18.5 Å². The van der Waals surface area contributed by atoms with Crippen molar-refractivity contribution >= 4 is 0 Å². The normalized spacial score (nSPS) is 12.6. The monoisotopic (exact) mass is 243 g/mol. The molecule has 1 heterocycles. The van der Waals surface area contributed by atoms with Crippen LogP contribution in [0.25, 0.3) is 0 Å². The number of nitrogens with zero attached hydrogens (tertiary/aromatic N) is 2. The molecule has 2 N–H and O–H groups in total.